The lowest BCUT2D eigenvalue weighted by atomic mass is 9.92. The average molecular weight is 264 g/mol. The van der Waals surface area contributed by atoms with Gasteiger partial charge in [0.05, 0.1) is 11.5 Å². The fraction of sp³-hybridized carbons (Fsp3) is 0.308. The number of carbonyl (C=O) groups is 1. The molecule has 0 unspecified atom stereocenters. The molecule has 2 atom stereocenters. The van der Waals surface area contributed by atoms with Crippen LogP contribution in [0, 0.1) is 10.1 Å². The Kier molecular flexibility index (Phi) is 5.20. The van der Waals surface area contributed by atoms with E-state index in [1.807, 2.05) is 0 Å². The molecule has 1 rings (SSSR count). The second-order valence-corrected chi connectivity index (χ2v) is 3.89. The molecule has 0 heterocycles. The number of nitro benzene ring substituents is 1. The third kappa shape index (κ3) is 3.62. The van der Waals surface area contributed by atoms with Gasteiger partial charge in [0.1, 0.15) is 6.04 Å². The van der Waals surface area contributed by atoms with Gasteiger partial charge in [0.15, 0.2) is 0 Å². The zero-order chi connectivity index (χ0) is 14.4. The number of esters is 1. The zero-order valence-corrected chi connectivity index (χ0v) is 10.6. The van der Waals surface area contributed by atoms with Gasteiger partial charge in [0.25, 0.3) is 5.69 Å². The molecule has 0 amide bonds. The highest BCUT2D eigenvalue weighted by Crippen LogP contribution is 2.23. The van der Waals surface area contributed by atoms with Gasteiger partial charge >= 0.3 is 5.97 Å². The molecule has 0 spiro atoms. The molecule has 19 heavy (non-hydrogen) atoms. The molecule has 0 aliphatic carbocycles. The number of non-ortho nitro benzene ring substituents is 1. The summed E-state index contributed by atoms with van der Waals surface area (Å²) in [4.78, 5) is 21.7. The molecule has 0 aliphatic heterocycles. The van der Waals surface area contributed by atoms with Gasteiger partial charge in [-0.25, -0.2) is 0 Å². The lowest BCUT2D eigenvalue weighted by Gasteiger charge is -2.19. The van der Waals surface area contributed by atoms with Crippen molar-refractivity contribution in [3.05, 3.63) is 52.6 Å². The molecule has 0 fully saturated rings. The smallest absolute Gasteiger partial charge is 0.323 e. The Morgan fingerprint density at radius 2 is 2.11 bits per heavy atom. The summed E-state index contributed by atoms with van der Waals surface area (Å²) in [6, 6.07) is 4.97. The molecule has 0 saturated carbocycles. The van der Waals surface area contributed by atoms with E-state index in [0.29, 0.717) is 5.56 Å². The van der Waals surface area contributed by atoms with Crippen LogP contribution < -0.4 is 5.73 Å². The van der Waals surface area contributed by atoms with E-state index < -0.39 is 22.9 Å². The van der Waals surface area contributed by atoms with E-state index >= 15 is 0 Å². The van der Waals surface area contributed by atoms with Crippen LogP contribution in [0.1, 0.15) is 18.4 Å². The number of nitro groups is 1. The normalized spacial score (nSPS) is 13.4. The van der Waals surface area contributed by atoms with E-state index in [4.69, 9.17) is 10.5 Å². The van der Waals surface area contributed by atoms with Crippen molar-refractivity contribution in [2.75, 3.05) is 6.61 Å². The molecule has 102 valence electrons. The number of ether oxygens (including phenoxy) is 1. The zero-order valence-electron chi connectivity index (χ0n) is 10.6. The van der Waals surface area contributed by atoms with Crippen LogP contribution in [0.2, 0.25) is 0 Å². The Balaban J connectivity index is 2.93. The lowest BCUT2D eigenvalue weighted by Crippen LogP contribution is -2.37. The second kappa shape index (κ2) is 6.65. The minimum Gasteiger partial charge on any atom is -0.465 e. The van der Waals surface area contributed by atoms with Gasteiger partial charge in [-0.1, -0.05) is 18.2 Å². The number of benzene rings is 1. The molecule has 1 aromatic carbocycles. The van der Waals surface area contributed by atoms with Crippen molar-refractivity contribution in [2.45, 2.75) is 18.9 Å². The van der Waals surface area contributed by atoms with Gasteiger partial charge in [-0.05, 0) is 12.5 Å². The molecule has 6 heteroatoms. The first-order valence-corrected chi connectivity index (χ1v) is 5.80. The van der Waals surface area contributed by atoms with Crippen LogP contribution in [0.15, 0.2) is 36.9 Å². The molecule has 1 aromatic rings. The van der Waals surface area contributed by atoms with E-state index in [2.05, 4.69) is 6.58 Å². The van der Waals surface area contributed by atoms with Crippen molar-refractivity contribution in [3.8, 4) is 0 Å². The Morgan fingerprint density at radius 3 is 2.53 bits per heavy atom. The largest absolute Gasteiger partial charge is 0.465 e. The van der Waals surface area contributed by atoms with Crippen molar-refractivity contribution < 1.29 is 14.5 Å². The third-order valence-electron chi connectivity index (χ3n) is 2.69. The van der Waals surface area contributed by atoms with Crippen LogP contribution in [-0.4, -0.2) is 23.5 Å². The highest BCUT2D eigenvalue weighted by Gasteiger charge is 2.25. The van der Waals surface area contributed by atoms with Crippen LogP contribution in [0.3, 0.4) is 0 Å². The summed E-state index contributed by atoms with van der Waals surface area (Å²) in [5.74, 6) is -0.967. The predicted molar refractivity (Wildman–Crippen MR) is 70.6 cm³/mol. The fourth-order valence-corrected chi connectivity index (χ4v) is 1.69. The van der Waals surface area contributed by atoms with Gasteiger partial charge in [-0.15, -0.1) is 6.58 Å². The number of hydrogen-bond acceptors (Lipinski definition) is 5. The van der Waals surface area contributed by atoms with E-state index in [9.17, 15) is 14.9 Å². The number of hydrogen-bond donors (Lipinski definition) is 1. The molecular formula is C13H16N2O4. The van der Waals surface area contributed by atoms with Gasteiger partial charge in [-0.2, -0.15) is 0 Å². The Hall–Kier alpha value is -2.21. The van der Waals surface area contributed by atoms with Crippen molar-refractivity contribution in [2.24, 2.45) is 5.73 Å². The van der Waals surface area contributed by atoms with E-state index in [1.54, 1.807) is 19.1 Å². The summed E-state index contributed by atoms with van der Waals surface area (Å²) in [6.45, 7) is 5.58. The Morgan fingerprint density at radius 1 is 1.53 bits per heavy atom. The van der Waals surface area contributed by atoms with Crippen molar-refractivity contribution in [1.82, 2.24) is 0 Å². The molecule has 6 nitrogen and oxygen atoms in total. The number of nitrogens with two attached hydrogens (primary N) is 1. The summed E-state index contributed by atoms with van der Waals surface area (Å²) >= 11 is 0. The van der Waals surface area contributed by atoms with Crippen molar-refractivity contribution >= 4 is 11.7 Å². The van der Waals surface area contributed by atoms with Crippen LogP contribution in [-0.2, 0) is 9.53 Å². The first-order chi connectivity index (χ1) is 9.01. The van der Waals surface area contributed by atoms with Gasteiger partial charge in [0, 0.05) is 18.1 Å². The third-order valence-corrected chi connectivity index (χ3v) is 2.69. The Labute approximate surface area is 111 Å². The number of carbonyl (C=O) groups excluding carboxylic acids is 1. The van der Waals surface area contributed by atoms with Gasteiger partial charge < -0.3 is 10.5 Å². The highest BCUT2D eigenvalue weighted by molar-refractivity contribution is 5.77. The molecule has 0 radical (unpaired) electrons. The van der Waals surface area contributed by atoms with Crippen LogP contribution in [0.5, 0.6) is 0 Å². The fourth-order valence-electron chi connectivity index (χ4n) is 1.69. The van der Waals surface area contributed by atoms with Gasteiger partial charge in [-0.3, -0.25) is 14.9 Å². The average Bonchev–Trinajstić information content (AvgIpc) is 2.40. The van der Waals surface area contributed by atoms with E-state index in [0.717, 1.165) is 0 Å². The lowest BCUT2D eigenvalue weighted by molar-refractivity contribution is -0.384. The number of rotatable bonds is 6. The summed E-state index contributed by atoms with van der Waals surface area (Å²) in [5.41, 5.74) is 6.47. The maximum absolute atomic E-state index is 11.6. The van der Waals surface area contributed by atoms with Crippen molar-refractivity contribution in [1.29, 1.82) is 0 Å². The van der Waals surface area contributed by atoms with Crippen molar-refractivity contribution in [3.63, 3.8) is 0 Å². The molecule has 0 aromatic heterocycles. The SMILES string of the molecule is C=C[C@@H](c1ccc([N+](=O)[O-])cc1)[C@H](N)C(=O)OCC. The van der Waals surface area contributed by atoms with Crippen LogP contribution >= 0.6 is 0 Å². The molecular weight excluding hydrogens is 248 g/mol. The summed E-state index contributed by atoms with van der Waals surface area (Å²) < 4.78 is 4.85. The predicted octanol–water partition coefficient (Wildman–Crippen LogP) is 1.75. The maximum Gasteiger partial charge on any atom is 0.323 e. The first kappa shape index (κ1) is 14.8. The molecule has 2 N–H and O–H groups in total. The topological polar surface area (TPSA) is 95.5 Å². The van der Waals surface area contributed by atoms with Crippen LogP contribution in [0.25, 0.3) is 0 Å². The monoisotopic (exact) mass is 264 g/mol. The highest BCUT2D eigenvalue weighted by atomic mass is 16.6. The van der Waals surface area contributed by atoms with Crippen LogP contribution in [0.4, 0.5) is 5.69 Å². The summed E-state index contributed by atoms with van der Waals surface area (Å²) in [5, 5.41) is 10.6. The first-order valence-electron chi connectivity index (χ1n) is 5.80. The number of nitrogens with zero attached hydrogens (tertiary/aromatic N) is 1. The maximum atomic E-state index is 11.6. The van der Waals surface area contributed by atoms with E-state index in [-0.39, 0.29) is 12.3 Å². The minimum atomic E-state index is -0.876. The minimum absolute atomic E-state index is 0.0173. The summed E-state index contributed by atoms with van der Waals surface area (Å²) in [6.07, 6.45) is 1.53. The quantitative estimate of drug-likeness (QED) is 0.365. The summed E-state index contributed by atoms with van der Waals surface area (Å²) in [7, 11) is 0. The second-order valence-electron chi connectivity index (χ2n) is 3.89. The molecule has 0 saturated heterocycles. The molecule has 0 bridgehead atoms. The Bertz CT molecular complexity index is 470. The van der Waals surface area contributed by atoms with E-state index in [1.165, 1.54) is 18.2 Å². The molecule has 0 aliphatic rings. The standard InChI is InChI=1S/C13H16N2O4/c1-3-11(12(14)13(16)19-4-2)9-5-7-10(8-6-9)15(17)18/h3,5-8,11-12H,1,4,14H2,2H3/t11-,12-/m0/s1. The van der Waals surface area contributed by atoms with Gasteiger partial charge in [0.2, 0.25) is 0 Å².